The van der Waals surface area contributed by atoms with Gasteiger partial charge >= 0.3 is 0 Å². The Morgan fingerprint density at radius 1 is 1.53 bits per heavy atom. The minimum absolute atomic E-state index is 0.0868. The number of carbonyl (C=O) groups is 1. The smallest absolute Gasteiger partial charge is 0.263 e. The Morgan fingerprint density at radius 3 is 2.76 bits per heavy atom. The Labute approximate surface area is 106 Å². The monoisotopic (exact) mass is 256 g/mol. The van der Waals surface area contributed by atoms with Crippen LogP contribution >= 0.6 is 11.6 Å². The fourth-order valence-corrected chi connectivity index (χ4v) is 1.66. The Kier molecular flexibility index (Phi) is 4.75. The molecule has 1 aromatic heterocycles. The lowest BCUT2D eigenvalue weighted by Crippen LogP contribution is -2.32. The SMILES string of the molecule is CC(C)CCNC(=O)c1cc(Cl)cn(C)c1=O. The second-order valence-corrected chi connectivity index (χ2v) is 4.86. The van der Waals surface area contributed by atoms with Gasteiger partial charge in [0.15, 0.2) is 0 Å². The van der Waals surface area contributed by atoms with Gasteiger partial charge in [-0.05, 0) is 18.4 Å². The van der Waals surface area contributed by atoms with Gasteiger partial charge in [-0.25, -0.2) is 0 Å². The third-order valence-electron chi connectivity index (χ3n) is 2.40. The molecule has 0 aliphatic rings. The first kappa shape index (κ1) is 13.8. The minimum Gasteiger partial charge on any atom is -0.352 e. The third kappa shape index (κ3) is 3.89. The highest BCUT2D eigenvalue weighted by Gasteiger charge is 2.12. The molecular weight excluding hydrogens is 240 g/mol. The maximum absolute atomic E-state index is 11.8. The number of rotatable bonds is 4. The zero-order valence-corrected chi connectivity index (χ0v) is 11.0. The summed E-state index contributed by atoms with van der Waals surface area (Å²) in [5.41, 5.74) is -0.250. The largest absolute Gasteiger partial charge is 0.352 e. The van der Waals surface area contributed by atoms with Crippen LogP contribution in [0.25, 0.3) is 0 Å². The van der Waals surface area contributed by atoms with Crippen LogP contribution in [0.4, 0.5) is 0 Å². The fourth-order valence-electron chi connectivity index (χ4n) is 1.40. The predicted molar refractivity (Wildman–Crippen MR) is 68.5 cm³/mol. The standard InChI is InChI=1S/C12H17ClN2O2/c1-8(2)4-5-14-11(16)10-6-9(13)7-15(3)12(10)17/h6-8H,4-5H2,1-3H3,(H,14,16). The van der Waals surface area contributed by atoms with Gasteiger partial charge in [-0.1, -0.05) is 25.4 Å². The molecule has 1 rings (SSSR count). The van der Waals surface area contributed by atoms with E-state index in [1.165, 1.54) is 16.8 Å². The summed E-state index contributed by atoms with van der Waals surface area (Å²) in [6.45, 7) is 4.71. The quantitative estimate of drug-likeness (QED) is 0.893. The van der Waals surface area contributed by atoms with E-state index < -0.39 is 0 Å². The summed E-state index contributed by atoms with van der Waals surface area (Å²) >= 11 is 5.81. The molecule has 0 atom stereocenters. The summed E-state index contributed by atoms with van der Waals surface area (Å²) < 4.78 is 1.31. The summed E-state index contributed by atoms with van der Waals surface area (Å²) in [7, 11) is 1.57. The van der Waals surface area contributed by atoms with Gasteiger partial charge in [-0.2, -0.15) is 0 Å². The Morgan fingerprint density at radius 2 is 2.18 bits per heavy atom. The Balaban J connectivity index is 2.79. The molecule has 17 heavy (non-hydrogen) atoms. The van der Waals surface area contributed by atoms with Crippen LogP contribution in [-0.2, 0) is 7.05 Å². The van der Waals surface area contributed by atoms with Gasteiger partial charge in [0.2, 0.25) is 0 Å². The molecule has 0 aliphatic heterocycles. The van der Waals surface area contributed by atoms with Crippen molar-refractivity contribution < 1.29 is 4.79 Å². The molecule has 0 unspecified atom stereocenters. The maximum Gasteiger partial charge on any atom is 0.263 e. The molecule has 0 fully saturated rings. The molecule has 0 aromatic carbocycles. The van der Waals surface area contributed by atoms with Crippen molar-refractivity contribution in [2.75, 3.05) is 6.54 Å². The predicted octanol–water partition coefficient (Wildman–Crippen LogP) is 1.81. The fraction of sp³-hybridized carbons (Fsp3) is 0.500. The Hall–Kier alpha value is -1.29. The van der Waals surface area contributed by atoms with Gasteiger partial charge in [0.1, 0.15) is 5.56 Å². The number of pyridine rings is 1. The van der Waals surface area contributed by atoms with Crippen molar-refractivity contribution in [1.82, 2.24) is 9.88 Å². The van der Waals surface area contributed by atoms with Gasteiger partial charge in [0.25, 0.3) is 11.5 Å². The number of halogens is 1. The number of aromatic nitrogens is 1. The highest BCUT2D eigenvalue weighted by Crippen LogP contribution is 2.06. The summed E-state index contributed by atoms with van der Waals surface area (Å²) in [4.78, 5) is 23.5. The van der Waals surface area contributed by atoms with Crippen molar-refractivity contribution in [1.29, 1.82) is 0 Å². The topological polar surface area (TPSA) is 51.1 Å². The minimum atomic E-state index is -0.367. The number of nitrogens with one attached hydrogen (secondary N) is 1. The second kappa shape index (κ2) is 5.87. The third-order valence-corrected chi connectivity index (χ3v) is 2.61. The van der Waals surface area contributed by atoms with Gasteiger partial charge in [0.05, 0.1) is 5.02 Å². The molecule has 4 nitrogen and oxygen atoms in total. The molecule has 1 aromatic rings. The Bertz CT molecular complexity index is 466. The molecule has 0 spiro atoms. The first-order valence-corrected chi connectivity index (χ1v) is 5.94. The van der Waals surface area contributed by atoms with E-state index in [0.29, 0.717) is 17.5 Å². The molecule has 5 heteroatoms. The number of amides is 1. The van der Waals surface area contributed by atoms with E-state index in [1.54, 1.807) is 7.05 Å². The number of hydrogen-bond acceptors (Lipinski definition) is 2. The summed E-state index contributed by atoms with van der Waals surface area (Å²) in [6.07, 6.45) is 2.36. The molecule has 0 radical (unpaired) electrons. The van der Waals surface area contributed by atoms with E-state index in [-0.39, 0.29) is 17.0 Å². The molecule has 0 saturated carbocycles. The van der Waals surface area contributed by atoms with Gasteiger partial charge in [-0.15, -0.1) is 0 Å². The highest BCUT2D eigenvalue weighted by atomic mass is 35.5. The number of aryl methyl sites for hydroxylation is 1. The highest BCUT2D eigenvalue weighted by molar-refractivity contribution is 6.30. The second-order valence-electron chi connectivity index (χ2n) is 4.43. The van der Waals surface area contributed by atoms with E-state index in [0.717, 1.165) is 6.42 Å². The summed E-state index contributed by atoms with van der Waals surface area (Å²) in [5.74, 6) is 0.145. The molecule has 0 aliphatic carbocycles. The lowest BCUT2D eigenvalue weighted by Gasteiger charge is -2.08. The van der Waals surface area contributed by atoms with Crippen LogP contribution in [0, 0.1) is 5.92 Å². The van der Waals surface area contributed by atoms with Crippen molar-refractivity contribution in [2.24, 2.45) is 13.0 Å². The molecule has 1 amide bonds. The van der Waals surface area contributed by atoms with Crippen molar-refractivity contribution in [3.05, 3.63) is 33.2 Å². The van der Waals surface area contributed by atoms with Crippen LogP contribution in [0.3, 0.4) is 0 Å². The zero-order chi connectivity index (χ0) is 13.0. The molecule has 1 heterocycles. The van der Waals surface area contributed by atoms with Crippen LogP contribution in [0.5, 0.6) is 0 Å². The molecular formula is C12H17ClN2O2. The van der Waals surface area contributed by atoms with Crippen molar-refractivity contribution in [3.63, 3.8) is 0 Å². The van der Waals surface area contributed by atoms with Crippen LogP contribution in [0.1, 0.15) is 30.6 Å². The zero-order valence-electron chi connectivity index (χ0n) is 10.3. The van der Waals surface area contributed by atoms with Crippen LogP contribution in [-0.4, -0.2) is 17.0 Å². The molecule has 1 N–H and O–H groups in total. The van der Waals surface area contributed by atoms with Crippen LogP contribution in [0.15, 0.2) is 17.1 Å². The number of carbonyl (C=O) groups excluding carboxylic acids is 1. The average Bonchev–Trinajstić information content (AvgIpc) is 2.22. The average molecular weight is 257 g/mol. The lowest BCUT2D eigenvalue weighted by atomic mass is 10.1. The first-order valence-electron chi connectivity index (χ1n) is 5.56. The van der Waals surface area contributed by atoms with E-state index >= 15 is 0 Å². The van der Waals surface area contributed by atoms with Gasteiger partial charge in [-0.3, -0.25) is 9.59 Å². The normalized spacial score (nSPS) is 10.6. The van der Waals surface area contributed by atoms with E-state index in [9.17, 15) is 9.59 Å². The van der Waals surface area contributed by atoms with Gasteiger partial charge in [0, 0.05) is 19.8 Å². The summed E-state index contributed by atoms with van der Waals surface area (Å²) in [6, 6.07) is 1.40. The molecule has 0 bridgehead atoms. The van der Waals surface area contributed by atoms with Crippen molar-refractivity contribution >= 4 is 17.5 Å². The van der Waals surface area contributed by atoms with Crippen LogP contribution < -0.4 is 10.9 Å². The lowest BCUT2D eigenvalue weighted by molar-refractivity contribution is 0.0950. The maximum atomic E-state index is 11.8. The van der Waals surface area contributed by atoms with Crippen molar-refractivity contribution in [2.45, 2.75) is 20.3 Å². The number of nitrogens with zero attached hydrogens (tertiary/aromatic N) is 1. The van der Waals surface area contributed by atoms with Crippen molar-refractivity contribution in [3.8, 4) is 0 Å². The number of hydrogen-bond donors (Lipinski definition) is 1. The first-order chi connectivity index (χ1) is 7.91. The van der Waals surface area contributed by atoms with E-state index in [2.05, 4.69) is 19.2 Å². The summed E-state index contributed by atoms with van der Waals surface area (Å²) in [5, 5.41) is 3.09. The van der Waals surface area contributed by atoms with E-state index in [1.807, 2.05) is 0 Å². The molecule has 0 saturated heterocycles. The van der Waals surface area contributed by atoms with Gasteiger partial charge < -0.3 is 9.88 Å². The molecule has 94 valence electrons. The van der Waals surface area contributed by atoms with Crippen LogP contribution in [0.2, 0.25) is 5.02 Å². The van der Waals surface area contributed by atoms with E-state index in [4.69, 9.17) is 11.6 Å².